The molecule has 2 heterocycles. The summed E-state index contributed by atoms with van der Waals surface area (Å²) in [6.45, 7) is 5.84. The molecule has 0 saturated heterocycles. The summed E-state index contributed by atoms with van der Waals surface area (Å²) in [7, 11) is 1.71. The van der Waals surface area contributed by atoms with Gasteiger partial charge >= 0.3 is 0 Å². The van der Waals surface area contributed by atoms with Gasteiger partial charge < -0.3 is 10.1 Å². The number of anilines is 2. The number of rotatable bonds is 7. The Morgan fingerprint density at radius 2 is 2.20 bits per heavy atom. The summed E-state index contributed by atoms with van der Waals surface area (Å²) in [6.07, 6.45) is 2.65. The van der Waals surface area contributed by atoms with Crippen LogP contribution in [0, 0.1) is 5.41 Å². The third-order valence-corrected chi connectivity index (χ3v) is 3.16. The first-order valence-electron chi connectivity index (χ1n) is 6.46. The first-order chi connectivity index (χ1) is 9.55. The number of nitrogens with zero attached hydrogens (tertiary/aromatic N) is 3. The fourth-order valence-corrected chi connectivity index (χ4v) is 1.82. The van der Waals surface area contributed by atoms with E-state index in [1.807, 2.05) is 0 Å². The average molecular weight is 279 g/mol. The highest BCUT2D eigenvalue weighted by atomic mass is 16.5. The smallest absolute Gasteiger partial charge is 0.241 e. The van der Waals surface area contributed by atoms with Gasteiger partial charge in [-0.3, -0.25) is 10.5 Å². The fourth-order valence-electron chi connectivity index (χ4n) is 1.82. The second-order valence-corrected chi connectivity index (χ2v) is 5.43. The lowest BCUT2D eigenvalue weighted by atomic mass is 9.90. The highest BCUT2D eigenvalue weighted by Gasteiger charge is 2.18. The number of aromatic nitrogens is 4. The summed E-state index contributed by atoms with van der Waals surface area (Å²) in [5, 5.41) is 11.0. The summed E-state index contributed by atoms with van der Waals surface area (Å²) < 4.78 is 5.13. The van der Waals surface area contributed by atoms with E-state index in [0.29, 0.717) is 17.4 Å². The number of fused-ring (bicyclic) bond motifs is 1. The molecule has 20 heavy (non-hydrogen) atoms. The Bertz CT molecular complexity index is 566. The van der Waals surface area contributed by atoms with E-state index in [1.54, 1.807) is 13.3 Å². The van der Waals surface area contributed by atoms with Crippen molar-refractivity contribution in [3.63, 3.8) is 0 Å². The monoisotopic (exact) mass is 279 g/mol. The summed E-state index contributed by atoms with van der Waals surface area (Å²) in [5.74, 6) is 6.43. The van der Waals surface area contributed by atoms with E-state index in [2.05, 4.69) is 44.8 Å². The molecule has 0 bridgehead atoms. The van der Waals surface area contributed by atoms with Crippen LogP contribution in [0.4, 0.5) is 11.8 Å². The van der Waals surface area contributed by atoms with Crippen LogP contribution in [0.25, 0.3) is 11.0 Å². The number of nitrogens with one attached hydrogen (secondary N) is 3. The average Bonchev–Trinajstić information content (AvgIpc) is 2.90. The second-order valence-electron chi connectivity index (χ2n) is 5.43. The van der Waals surface area contributed by atoms with E-state index >= 15 is 0 Å². The molecule has 0 saturated carbocycles. The Kier molecular flexibility index (Phi) is 4.35. The topological polar surface area (TPSA) is 114 Å². The molecule has 2 aromatic rings. The Morgan fingerprint density at radius 3 is 2.90 bits per heavy atom. The van der Waals surface area contributed by atoms with Gasteiger partial charge in [0, 0.05) is 20.3 Å². The SMILES string of the molecule is COCCC(C)(C)CNc1nc(NN)nc2[nH]ncc12. The van der Waals surface area contributed by atoms with Crippen LogP contribution in [0.15, 0.2) is 6.20 Å². The zero-order chi connectivity index (χ0) is 14.6. The lowest BCUT2D eigenvalue weighted by Gasteiger charge is -2.25. The zero-order valence-electron chi connectivity index (χ0n) is 12.0. The van der Waals surface area contributed by atoms with E-state index < -0.39 is 0 Å². The molecule has 0 aliphatic heterocycles. The molecular formula is C12H21N7O. The first kappa shape index (κ1) is 14.5. The van der Waals surface area contributed by atoms with Crippen molar-refractivity contribution in [2.24, 2.45) is 11.3 Å². The third-order valence-electron chi connectivity index (χ3n) is 3.16. The number of hydrazine groups is 1. The van der Waals surface area contributed by atoms with Crippen molar-refractivity contribution in [3.8, 4) is 0 Å². The van der Waals surface area contributed by atoms with Crippen molar-refractivity contribution in [2.45, 2.75) is 20.3 Å². The highest BCUT2D eigenvalue weighted by Crippen LogP contribution is 2.24. The summed E-state index contributed by atoms with van der Waals surface area (Å²) in [6, 6.07) is 0. The number of H-pyrrole nitrogens is 1. The van der Waals surface area contributed by atoms with Gasteiger partial charge in [-0.2, -0.15) is 15.1 Å². The standard InChI is InChI=1S/C12H21N7O/c1-12(2,4-5-20-3)7-14-9-8-6-15-19-10(8)17-11(16-9)18-13/h6H,4-5,7,13H2,1-3H3,(H3,14,15,16,17,18,19). The largest absolute Gasteiger partial charge is 0.385 e. The van der Waals surface area contributed by atoms with Gasteiger partial charge in [-0.1, -0.05) is 13.8 Å². The number of aromatic amines is 1. The predicted molar refractivity (Wildman–Crippen MR) is 78.3 cm³/mol. The van der Waals surface area contributed by atoms with Gasteiger partial charge in [0.15, 0.2) is 5.65 Å². The molecule has 8 nitrogen and oxygen atoms in total. The lowest BCUT2D eigenvalue weighted by Crippen LogP contribution is -2.25. The van der Waals surface area contributed by atoms with E-state index in [4.69, 9.17) is 10.6 Å². The maximum atomic E-state index is 5.37. The molecule has 0 aromatic carbocycles. The van der Waals surface area contributed by atoms with Crippen LogP contribution in [-0.2, 0) is 4.74 Å². The van der Waals surface area contributed by atoms with Crippen LogP contribution in [0.3, 0.4) is 0 Å². The minimum Gasteiger partial charge on any atom is -0.385 e. The summed E-state index contributed by atoms with van der Waals surface area (Å²) >= 11 is 0. The van der Waals surface area contributed by atoms with Crippen molar-refractivity contribution in [1.82, 2.24) is 20.2 Å². The molecule has 8 heteroatoms. The fraction of sp³-hybridized carbons (Fsp3) is 0.583. The second kappa shape index (κ2) is 6.02. The molecule has 2 aromatic heterocycles. The van der Waals surface area contributed by atoms with Crippen molar-refractivity contribution < 1.29 is 4.74 Å². The summed E-state index contributed by atoms with van der Waals surface area (Å²) in [5.41, 5.74) is 3.18. The van der Waals surface area contributed by atoms with Gasteiger partial charge in [-0.05, 0) is 11.8 Å². The molecular weight excluding hydrogens is 258 g/mol. The van der Waals surface area contributed by atoms with Gasteiger partial charge in [-0.15, -0.1) is 0 Å². The Morgan fingerprint density at radius 1 is 1.40 bits per heavy atom. The molecule has 0 amide bonds. The molecule has 110 valence electrons. The van der Waals surface area contributed by atoms with Gasteiger partial charge in [-0.25, -0.2) is 5.84 Å². The van der Waals surface area contributed by atoms with Crippen LogP contribution in [0.2, 0.25) is 0 Å². The molecule has 0 unspecified atom stereocenters. The van der Waals surface area contributed by atoms with Crippen molar-refractivity contribution in [2.75, 3.05) is 31.0 Å². The van der Waals surface area contributed by atoms with Crippen LogP contribution in [-0.4, -0.2) is 40.4 Å². The molecule has 2 rings (SSSR count). The number of nitrogen functional groups attached to an aromatic ring is 1. The Labute approximate surface area is 117 Å². The number of hydrogen-bond acceptors (Lipinski definition) is 7. The van der Waals surface area contributed by atoms with Crippen LogP contribution in [0.5, 0.6) is 0 Å². The molecule has 0 aliphatic rings. The number of nitrogens with two attached hydrogens (primary N) is 1. The van der Waals surface area contributed by atoms with E-state index in [1.165, 1.54) is 0 Å². The molecule has 0 atom stereocenters. The Balaban J connectivity index is 2.14. The first-order valence-corrected chi connectivity index (χ1v) is 6.46. The van der Waals surface area contributed by atoms with Crippen molar-refractivity contribution in [1.29, 1.82) is 0 Å². The maximum Gasteiger partial charge on any atom is 0.241 e. The molecule has 5 N–H and O–H groups in total. The van der Waals surface area contributed by atoms with E-state index in [-0.39, 0.29) is 5.41 Å². The number of hydrogen-bond donors (Lipinski definition) is 4. The van der Waals surface area contributed by atoms with Crippen molar-refractivity contribution >= 4 is 22.8 Å². The number of ether oxygens (including phenoxy) is 1. The summed E-state index contributed by atoms with van der Waals surface area (Å²) in [4.78, 5) is 8.51. The van der Waals surface area contributed by atoms with Gasteiger partial charge in [0.05, 0.1) is 11.6 Å². The van der Waals surface area contributed by atoms with Crippen LogP contribution < -0.4 is 16.6 Å². The highest BCUT2D eigenvalue weighted by molar-refractivity contribution is 5.86. The molecule has 0 spiro atoms. The van der Waals surface area contributed by atoms with E-state index in [0.717, 1.165) is 25.0 Å². The minimum absolute atomic E-state index is 0.0906. The van der Waals surface area contributed by atoms with E-state index in [9.17, 15) is 0 Å². The number of methoxy groups -OCH3 is 1. The third kappa shape index (κ3) is 3.34. The minimum atomic E-state index is 0.0906. The maximum absolute atomic E-state index is 5.37. The predicted octanol–water partition coefficient (Wildman–Crippen LogP) is 1.11. The molecule has 0 radical (unpaired) electrons. The molecule has 0 aliphatic carbocycles. The zero-order valence-corrected chi connectivity index (χ0v) is 12.0. The lowest BCUT2D eigenvalue weighted by molar-refractivity contribution is 0.157. The van der Waals surface area contributed by atoms with Gasteiger partial charge in [0.25, 0.3) is 0 Å². The van der Waals surface area contributed by atoms with Crippen molar-refractivity contribution in [3.05, 3.63) is 6.20 Å². The normalized spacial score (nSPS) is 11.8. The van der Waals surface area contributed by atoms with Crippen LogP contribution >= 0.6 is 0 Å². The van der Waals surface area contributed by atoms with Gasteiger partial charge in [0.1, 0.15) is 5.82 Å². The van der Waals surface area contributed by atoms with Crippen LogP contribution in [0.1, 0.15) is 20.3 Å². The quantitative estimate of drug-likeness (QED) is 0.443. The Hall–Kier alpha value is -1.93. The molecule has 0 fully saturated rings. The van der Waals surface area contributed by atoms with Gasteiger partial charge in [0.2, 0.25) is 5.95 Å².